The normalized spacial score (nSPS) is 14.2. The Kier molecular flexibility index (Phi) is 5.59. The van der Waals surface area contributed by atoms with Gasteiger partial charge in [0.25, 0.3) is 5.91 Å². The van der Waals surface area contributed by atoms with Crippen LogP contribution in [0.3, 0.4) is 0 Å². The van der Waals surface area contributed by atoms with Crippen molar-refractivity contribution in [1.29, 1.82) is 0 Å². The summed E-state index contributed by atoms with van der Waals surface area (Å²) in [4.78, 5) is 25.3. The first-order chi connectivity index (χ1) is 9.70. The minimum absolute atomic E-state index is 0.0765. The highest BCUT2D eigenvalue weighted by Gasteiger charge is 2.16. The molecule has 0 saturated carbocycles. The van der Waals surface area contributed by atoms with Crippen LogP contribution in [0.15, 0.2) is 6.07 Å². The van der Waals surface area contributed by atoms with Crippen molar-refractivity contribution in [2.75, 3.05) is 13.2 Å². The van der Waals surface area contributed by atoms with Crippen molar-refractivity contribution >= 4 is 23.2 Å². The lowest BCUT2D eigenvalue weighted by Crippen LogP contribution is -2.25. The smallest absolute Gasteiger partial charge is 0.307 e. The van der Waals surface area contributed by atoms with Gasteiger partial charge in [-0.1, -0.05) is 6.42 Å². The summed E-state index contributed by atoms with van der Waals surface area (Å²) in [5, 5.41) is 2.78. The van der Waals surface area contributed by atoms with Crippen LogP contribution in [-0.4, -0.2) is 25.0 Å². The monoisotopic (exact) mass is 295 g/mol. The fourth-order valence-electron chi connectivity index (χ4n) is 2.38. The summed E-state index contributed by atoms with van der Waals surface area (Å²) in [6, 6.07) is 2.02. The molecule has 1 heterocycles. The predicted molar refractivity (Wildman–Crippen MR) is 79.2 cm³/mol. The van der Waals surface area contributed by atoms with Crippen LogP contribution in [0.4, 0.5) is 0 Å². The number of hydrogen-bond donors (Lipinski definition) is 1. The molecule has 20 heavy (non-hydrogen) atoms. The third kappa shape index (κ3) is 4.07. The van der Waals surface area contributed by atoms with Gasteiger partial charge in [0.1, 0.15) is 0 Å². The van der Waals surface area contributed by atoms with Crippen LogP contribution >= 0.6 is 11.3 Å². The van der Waals surface area contributed by atoms with Gasteiger partial charge in [-0.3, -0.25) is 9.59 Å². The average molecular weight is 295 g/mol. The quantitative estimate of drug-likeness (QED) is 0.671. The molecule has 0 radical (unpaired) electrons. The van der Waals surface area contributed by atoms with E-state index in [9.17, 15) is 9.59 Å². The maximum Gasteiger partial charge on any atom is 0.307 e. The number of nitrogens with one attached hydrogen (secondary N) is 1. The van der Waals surface area contributed by atoms with Crippen molar-refractivity contribution in [3.05, 3.63) is 21.4 Å². The lowest BCUT2D eigenvalue weighted by molar-refractivity contribution is -0.142. The van der Waals surface area contributed by atoms with Crippen LogP contribution in [0.2, 0.25) is 0 Å². The Morgan fingerprint density at radius 3 is 2.90 bits per heavy atom. The molecular formula is C15H21NO3S. The van der Waals surface area contributed by atoms with E-state index in [1.54, 1.807) is 18.3 Å². The molecule has 0 spiro atoms. The first-order valence-electron chi connectivity index (χ1n) is 7.26. The Balaban J connectivity index is 1.85. The Hall–Kier alpha value is -1.36. The predicted octanol–water partition coefficient (Wildman–Crippen LogP) is 2.70. The molecule has 1 amide bonds. The molecule has 4 nitrogen and oxygen atoms in total. The highest BCUT2D eigenvalue weighted by molar-refractivity contribution is 7.14. The maximum atomic E-state index is 12.0. The Morgan fingerprint density at radius 1 is 1.30 bits per heavy atom. The number of amides is 1. The van der Waals surface area contributed by atoms with Crippen molar-refractivity contribution in [2.24, 2.45) is 0 Å². The van der Waals surface area contributed by atoms with E-state index in [0.717, 1.165) is 17.7 Å². The van der Waals surface area contributed by atoms with Crippen LogP contribution in [0.1, 0.15) is 52.7 Å². The van der Waals surface area contributed by atoms with Crippen molar-refractivity contribution < 1.29 is 14.3 Å². The van der Waals surface area contributed by atoms with Gasteiger partial charge in [-0.15, -0.1) is 11.3 Å². The summed E-state index contributed by atoms with van der Waals surface area (Å²) >= 11 is 1.60. The van der Waals surface area contributed by atoms with Crippen LogP contribution in [-0.2, 0) is 22.4 Å². The number of fused-ring (bicyclic) bond motifs is 1. The number of thiophene rings is 1. The number of aryl methyl sites for hydroxylation is 2. The van der Waals surface area contributed by atoms with Crippen molar-refractivity contribution in [3.8, 4) is 0 Å². The molecule has 1 aromatic heterocycles. The van der Waals surface area contributed by atoms with Gasteiger partial charge in [0.2, 0.25) is 0 Å². The number of hydrogen-bond acceptors (Lipinski definition) is 4. The average Bonchev–Trinajstić information content (AvgIpc) is 2.70. The van der Waals surface area contributed by atoms with Crippen LogP contribution in [0.25, 0.3) is 0 Å². The van der Waals surface area contributed by atoms with E-state index in [2.05, 4.69) is 5.32 Å². The van der Waals surface area contributed by atoms with Crippen molar-refractivity contribution in [1.82, 2.24) is 5.32 Å². The summed E-state index contributed by atoms with van der Waals surface area (Å²) in [7, 11) is 0. The molecule has 0 aliphatic heterocycles. The Morgan fingerprint density at radius 2 is 2.10 bits per heavy atom. The minimum atomic E-state index is -0.269. The molecule has 2 rings (SSSR count). The maximum absolute atomic E-state index is 12.0. The molecule has 0 unspecified atom stereocenters. The molecule has 1 N–H and O–H groups in total. The van der Waals surface area contributed by atoms with Crippen LogP contribution < -0.4 is 5.32 Å². The van der Waals surface area contributed by atoms with Crippen LogP contribution in [0.5, 0.6) is 0 Å². The van der Waals surface area contributed by atoms with Gasteiger partial charge >= 0.3 is 5.97 Å². The standard InChI is InChI=1S/C15H21NO3S/c1-2-19-14(17)8-9-16-15(18)13-10-11-6-4-3-5-7-12(11)20-13/h10H,2-9H2,1H3,(H,16,18). The number of carbonyl (C=O) groups excluding carboxylic acids is 2. The molecule has 0 fully saturated rings. The molecule has 0 atom stereocenters. The molecule has 1 aliphatic carbocycles. The molecule has 1 aliphatic rings. The second kappa shape index (κ2) is 7.43. The van der Waals surface area contributed by atoms with Gasteiger partial charge in [0, 0.05) is 11.4 Å². The van der Waals surface area contributed by atoms with Crippen LogP contribution in [0, 0.1) is 0 Å². The first kappa shape index (κ1) is 15.0. The largest absolute Gasteiger partial charge is 0.466 e. The van der Waals surface area contributed by atoms with Gasteiger partial charge in [0.05, 0.1) is 17.9 Å². The van der Waals surface area contributed by atoms with E-state index in [4.69, 9.17) is 4.74 Å². The van der Waals surface area contributed by atoms with E-state index < -0.39 is 0 Å². The molecule has 0 aromatic carbocycles. The summed E-state index contributed by atoms with van der Waals surface area (Å²) in [5.74, 6) is -0.345. The number of carbonyl (C=O) groups is 2. The highest BCUT2D eigenvalue weighted by atomic mass is 32.1. The lowest BCUT2D eigenvalue weighted by atomic mass is 10.1. The van der Waals surface area contributed by atoms with Crippen molar-refractivity contribution in [2.45, 2.75) is 45.4 Å². The summed E-state index contributed by atoms with van der Waals surface area (Å²) in [5.41, 5.74) is 1.34. The topological polar surface area (TPSA) is 55.4 Å². The third-order valence-electron chi connectivity index (χ3n) is 3.39. The Labute approximate surface area is 123 Å². The summed E-state index contributed by atoms with van der Waals surface area (Å²) < 4.78 is 4.82. The highest BCUT2D eigenvalue weighted by Crippen LogP contribution is 2.28. The SMILES string of the molecule is CCOC(=O)CCNC(=O)c1cc2c(s1)CCCCC2. The summed E-state index contributed by atoms with van der Waals surface area (Å²) in [6.07, 6.45) is 6.12. The second-order valence-corrected chi connectivity index (χ2v) is 6.07. The van der Waals surface area contributed by atoms with Crippen molar-refractivity contribution in [3.63, 3.8) is 0 Å². The molecule has 0 saturated heterocycles. The number of esters is 1. The number of ether oxygens (including phenoxy) is 1. The number of rotatable bonds is 5. The fraction of sp³-hybridized carbons (Fsp3) is 0.600. The van der Waals surface area contributed by atoms with E-state index in [1.807, 2.05) is 6.07 Å². The Bertz CT molecular complexity index is 458. The third-order valence-corrected chi connectivity index (χ3v) is 4.63. The minimum Gasteiger partial charge on any atom is -0.466 e. The summed E-state index contributed by atoms with van der Waals surface area (Å²) in [6.45, 7) is 2.49. The fourth-order valence-corrected chi connectivity index (χ4v) is 3.55. The molecule has 110 valence electrons. The first-order valence-corrected chi connectivity index (χ1v) is 8.07. The van der Waals surface area contributed by atoms with Gasteiger partial charge in [-0.25, -0.2) is 0 Å². The van der Waals surface area contributed by atoms with Gasteiger partial charge in [0.15, 0.2) is 0 Å². The van der Waals surface area contributed by atoms with Gasteiger partial charge < -0.3 is 10.1 Å². The zero-order valence-corrected chi connectivity index (χ0v) is 12.7. The van der Waals surface area contributed by atoms with E-state index in [0.29, 0.717) is 13.2 Å². The molecule has 1 aromatic rings. The lowest BCUT2D eigenvalue weighted by Gasteiger charge is -2.03. The molecule has 5 heteroatoms. The van der Waals surface area contributed by atoms with Gasteiger partial charge in [-0.2, -0.15) is 0 Å². The second-order valence-electron chi connectivity index (χ2n) is 4.93. The zero-order chi connectivity index (χ0) is 14.4. The molecular weight excluding hydrogens is 274 g/mol. The zero-order valence-electron chi connectivity index (χ0n) is 11.9. The van der Waals surface area contributed by atoms with Gasteiger partial charge in [-0.05, 0) is 44.2 Å². The molecule has 0 bridgehead atoms. The van der Waals surface area contributed by atoms with E-state index in [1.165, 1.54) is 29.7 Å². The van der Waals surface area contributed by atoms with E-state index >= 15 is 0 Å². The van der Waals surface area contributed by atoms with E-state index in [-0.39, 0.29) is 18.3 Å².